The van der Waals surface area contributed by atoms with Gasteiger partial charge in [0.2, 0.25) is 15.9 Å². The minimum atomic E-state index is -3.73. The van der Waals surface area contributed by atoms with Gasteiger partial charge in [-0.2, -0.15) is 4.31 Å². The molecule has 2 atom stereocenters. The van der Waals surface area contributed by atoms with Gasteiger partial charge < -0.3 is 4.90 Å². The number of rotatable bonds is 6. The van der Waals surface area contributed by atoms with Crippen molar-refractivity contribution in [1.29, 1.82) is 0 Å². The standard InChI is InChI=1S/C23H26ClN3O3S3/c1-14(2)22-26(33(29,30)18-8-5-15(3)6-9-18)12-16(4)27(22)21(28)13-31-23-25-19-11-17(24)7-10-20(19)32-23/h5-11,14,16,22H,12-13H2,1-4H3/t16-,22-/m1/s1. The summed E-state index contributed by atoms with van der Waals surface area (Å²) in [5.41, 5.74) is 1.81. The molecule has 0 aliphatic carbocycles. The van der Waals surface area contributed by atoms with Gasteiger partial charge in [0, 0.05) is 17.6 Å². The third kappa shape index (κ3) is 4.93. The lowest BCUT2D eigenvalue weighted by Crippen LogP contribution is -2.49. The number of thiazole rings is 1. The fourth-order valence-electron chi connectivity index (χ4n) is 4.13. The molecule has 0 bridgehead atoms. The van der Waals surface area contributed by atoms with Gasteiger partial charge in [-0.05, 0) is 50.1 Å². The number of aryl methyl sites for hydroxylation is 1. The summed E-state index contributed by atoms with van der Waals surface area (Å²) in [6, 6.07) is 12.2. The van der Waals surface area contributed by atoms with Gasteiger partial charge in [0.05, 0.1) is 20.9 Å². The molecular formula is C23H26ClN3O3S3. The number of nitrogens with zero attached hydrogens (tertiary/aromatic N) is 3. The molecule has 0 saturated carbocycles. The van der Waals surface area contributed by atoms with E-state index in [1.54, 1.807) is 29.2 Å². The lowest BCUT2D eigenvalue weighted by Gasteiger charge is -2.33. The fraction of sp³-hybridized carbons (Fsp3) is 0.391. The molecule has 1 saturated heterocycles. The van der Waals surface area contributed by atoms with Gasteiger partial charge in [0.25, 0.3) is 0 Å². The second-order valence-corrected chi connectivity index (χ2v) is 13.2. The molecule has 1 amide bonds. The maximum absolute atomic E-state index is 13.4. The first-order valence-corrected chi connectivity index (χ1v) is 14.3. The van der Waals surface area contributed by atoms with E-state index >= 15 is 0 Å². The van der Waals surface area contributed by atoms with Crippen LogP contribution in [0.15, 0.2) is 51.7 Å². The number of carbonyl (C=O) groups is 1. The Morgan fingerprint density at radius 2 is 1.94 bits per heavy atom. The van der Waals surface area contributed by atoms with Crippen LogP contribution in [0.1, 0.15) is 26.3 Å². The van der Waals surface area contributed by atoms with Crippen LogP contribution in [0.2, 0.25) is 5.02 Å². The molecule has 2 heterocycles. The Kier molecular flexibility index (Phi) is 7.08. The van der Waals surface area contributed by atoms with Crippen molar-refractivity contribution in [2.45, 2.75) is 49.1 Å². The quantitative estimate of drug-likeness (QED) is 0.412. The molecule has 176 valence electrons. The smallest absolute Gasteiger partial charge is 0.244 e. The van der Waals surface area contributed by atoms with Crippen LogP contribution in [-0.4, -0.2) is 53.0 Å². The van der Waals surface area contributed by atoms with Crippen molar-refractivity contribution in [3.8, 4) is 0 Å². The van der Waals surface area contributed by atoms with Crippen LogP contribution in [0.3, 0.4) is 0 Å². The average Bonchev–Trinajstić information content (AvgIpc) is 3.33. The van der Waals surface area contributed by atoms with Gasteiger partial charge in [-0.3, -0.25) is 4.79 Å². The number of thioether (sulfide) groups is 1. The molecule has 0 N–H and O–H groups in total. The van der Waals surface area contributed by atoms with Crippen LogP contribution in [0.5, 0.6) is 0 Å². The number of amides is 1. The van der Waals surface area contributed by atoms with Crippen LogP contribution in [-0.2, 0) is 14.8 Å². The lowest BCUT2D eigenvalue weighted by atomic mass is 10.1. The Balaban J connectivity index is 1.54. The molecule has 4 rings (SSSR count). The molecule has 0 radical (unpaired) electrons. The first-order valence-electron chi connectivity index (χ1n) is 10.7. The Hall–Kier alpha value is -1.65. The molecule has 0 spiro atoms. The number of benzene rings is 2. The molecule has 6 nitrogen and oxygen atoms in total. The number of sulfonamides is 1. The zero-order valence-corrected chi connectivity index (χ0v) is 22.1. The van der Waals surface area contributed by atoms with Crippen molar-refractivity contribution in [2.75, 3.05) is 12.3 Å². The third-order valence-corrected chi connectivity index (χ3v) is 9.91. The number of carbonyl (C=O) groups excluding carboxylic acids is 1. The van der Waals surface area contributed by atoms with Crippen LogP contribution in [0.4, 0.5) is 0 Å². The summed E-state index contributed by atoms with van der Waals surface area (Å²) in [5.74, 6) is 0.0401. The lowest BCUT2D eigenvalue weighted by molar-refractivity contribution is -0.132. The van der Waals surface area contributed by atoms with Crippen molar-refractivity contribution < 1.29 is 13.2 Å². The van der Waals surface area contributed by atoms with Crippen LogP contribution < -0.4 is 0 Å². The van der Waals surface area contributed by atoms with Crippen molar-refractivity contribution in [1.82, 2.24) is 14.2 Å². The first kappa shape index (κ1) is 24.5. The predicted molar refractivity (Wildman–Crippen MR) is 135 cm³/mol. The number of aromatic nitrogens is 1. The highest BCUT2D eigenvalue weighted by Gasteiger charge is 2.47. The minimum Gasteiger partial charge on any atom is -0.321 e. The van der Waals surface area contributed by atoms with Gasteiger partial charge in [0.1, 0.15) is 6.17 Å². The number of fused-ring (bicyclic) bond motifs is 1. The summed E-state index contributed by atoms with van der Waals surface area (Å²) in [4.78, 5) is 19.9. The van der Waals surface area contributed by atoms with Crippen LogP contribution in [0.25, 0.3) is 10.2 Å². The van der Waals surface area contributed by atoms with Gasteiger partial charge in [-0.15, -0.1) is 11.3 Å². The summed E-state index contributed by atoms with van der Waals surface area (Å²) < 4.78 is 30.2. The predicted octanol–water partition coefficient (Wildman–Crippen LogP) is 5.25. The van der Waals surface area contributed by atoms with E-state index in [0.29, 0.717) is 5.02 Å². The van der Waals surface area contributed by atoms with Gasteiger partial charge in [-0.1, -0.05) is 54.9 Å². The Labute approximate surface area is 208 Å². The second-order valence-electron chi connectivity index (χ2n) is 8.58. The molecule has 0 unspecified atom stereocenters. The monoisotopic (exact) mass is 523 g/mol. The Morgan fingerprint density at radius 3 is 2.61 bits per heavy atom. The maximum atomic E-state index is 13.4. The third-order valence-electron chi connectivity index (χ3n) is 5.66. The molecule has 10 heteroatoms. The normalized spacial score (nSPS) is 19.6. The van der Waals surface area contributed by atoms with Crippen molar-refractivity contribution in [3.63, 3.8) is 0 Å². The molecule has 1 aliphatic rings. The van der Waals surface area contributed by atoms with Crippen molar-refractivity contribution in [3.05, 3.63) is 53.1 Å². The van der Waals surface area contributed by atoms with Crippen LogP contribution >= 0.6 is 34.7 Å². The second kappa shape index (κ2) is 9.54. The van der Waals surface area contributed by atoms with Crippen molar-refractivity contribution in [2.24, 2.45) is 5.92 Å². The zero-order valence-electron chi connectivity index (χ0n) is 18.9. The highest BCUT2D eigenvalue weighted by atomic mass is 35.5. The van der Waals surface area contributed by atoms with E-state index < -0.39 is 16.2 Å². The topological polar surface area (TPSA) is 70.6 Å². The highest BCUT2D eigenvalue weighted by molar-refractivity contribution is 8.01. The molecule has 3 aromatic rings. The maximum Gasteiger partial charge on any atom is 0.244 e. The van der Waals surface area contributed by atoms with E-state index in [1.165, 1.54) is 27.4 Å². The van der Waals surface area contributed by atoms with E-state index in [0.717, 1.165) is 20.1 Å². The van der Waals surface area contributed by atoms with Crippen LogP contribution in [0, 0.1) is 12.8 Å². The SMILES string of the molecule is Cc1ccc(S(=O)(=O)N2C[C@@H](C)N(C(=O)CSc3nc4cc(Cl)ccc4s3)[C@@H]2C(C)C)cc1. The summed E-state index contributed by atoms with van der Waals surface area (Å²) >= 11 is 8.94. The summed E-state index contributed by atoms with van der Waals surface area (Å²) in [5, 5.41) is 0.626. The number of hydrogen-bond donors (Lipinski definition) is 0. The average molecular weight is 524 g/mol. The number of halogens is 1. The van der Waals surface area contributed by atoms with E-state index in [9.17, 15) is 13.2 Å². The number of hydrogen-bond acceptors (Lipinski definition) is 6. The van der Waals surface area contributed by atoms with Gasteiger partial charge in [0.15, 0.2) is 4.34 Å². The first-order chi connectivity index (χ1) is 15.6. The minimum absolute atomic E-state index is 0.0614. The van der Waals surface area contributed by atoms with Crippen molar-refractivity contribution >= 4 is 60.8 Å². The Bertz CT molecular complexity index is 1280. The van der Waals surface area contributed by atoms with E-state index in [-0.39, 0.29) is 35.1 Å². The summed E-state index contributed by atoms with van der Waals surface area (Å²) in [7, 11) is -3.73. The molecule has 1 fully saturated rings. The fourth-order valence-corrected chi connectivity index (χ4v) is 8.00. The largest absolute Gasteiger partial charge is 0.321 e. The van der Waals surface area contributed by atoms with Gasteiger partial charge >= 0.3 is 0 Å². The molecule has 1 aliphatic heterocycles. The molecule has 2 aromatic carbocycles. The Morgan fingerprint density at radius 1 is 1.24 bits per heavy atom. The zero-order chi connectivity index (χ0) is 23.9. The van der Waals surface area contributed by atoms with E-state index in [4.69, 9.17) is 11.6 Å². The summed E-state index contributed by atoms with van der Waals surface area (Å²) in [6.45, 7) is 8.00. The van der Waals surface area contributed by atoms with E-state index in [1.807, 2.05) is 45.9 Å². The summed E-state index contributed by atoms with van der Waals surface area (Å²) in [6.07, 6.45) is -0.534. The molecule has 33 heavy (non-hydrogen) atoms. The van der Waals surface area contributed by atoms with E-state index in [2.05, 4.69) is 4.98 Å². The molecular weight excluding hydrogens is 498 g/mol. The van der Waals surface area contributed by atoms with Gasteiger partial charge in [-0.25, -0.2) is 13.4 Å². The highest BCUT2D eigenvalue weighted by Crippen LogP contribution is 2.35. The molecule has 1 aromatic heterocycles.